The van der Waals surface area contributed by atoms with Crippen LogP contribution >= 0.6 is 0 Å². The van der Waals surface area contributed by atoms with Gasteiger partial charge in [-0.05, 0) is 44.4 Å². The molecule has 0 spiro atoms. The summed E-state index contributed by atoms with van der Waals surface area (Å²) in [7, 11) is 0. The van der Waals surface area contributed by atoms with Crippen molar-refractivity contribution in [2.45, 2.75) is 64.8 Å². The standard InChI is InChI=1S/C16H28N2O3/c1-3-6-16(14(19)20)7-9-18(10-8-16)15(21)17-13-5-4-12(2)11-13/h12-13H,3-11H2,1-2H3,(H,17,21)(H,19,20). The molecular weight excluding hydrogens is 268 g/mol. The average molecular weight is 296 g/mol. The van der Waals surface area contributed by atoms with Crippen molar-refractivity contribution in [3.63, 3.8) is 0 Å². The second kappa shape index (κ2) is 6.67. The van der Waals surface area contributed by atoms with E-state index in [0.717, 1.165) is 19.3 Å². The molecule has 21 heavy (non-hydrogen) atoms. The Kier molecular flexibility index (Phi) is 5.12. The molecule has 1 aliphatic carbocycles. The third-order valence-corrected chi connectivity index (χ3v) is 5.21. The number of carbonyl (C=O) groups is 2. The molecule has 5 heteroatoms. The fraction of sp³-hybridized carbons (Fsp3) is 0.875. The van der Waals surface area contributed by atoms with E-state index in [1.807, 2.05) is 6.92 Å². The van der Waals surface area contributed by atoms with E-state index in [-0.39, 0.29) is 6.03 Å². The third-order valence-electron chi connectivity index (χ3n) is 5.21. The largest absolute Gasteiger partial charge is 0.481 e. The van der Waals surface area contributed by atoms with Crippen LogP contribution in [-0.2, 0) is 4.79 Å². The third kappa shape index (κ3) is 3.69. The van der Waals surface area contributed by atoms with Gasteiger partial charge in [-0.2, -0.15) is 0 Å². The molecule has 2 atom stereocenters. The molecule has 1 heterocycles. The molecule has 0 bridgehead atoms. The van der Waals surface area contributed by atoms with E-state index in [1.165, 1.54) is 6.42 Å². The second-order valence-electron chi connectivity index (χ2n) is 6.89. The molecule has 2 N–H and O–H groups in total. The molecule has 0 aromatic rings. The monoisotopic (exact) mass is 296 g/mol. The molecule has 2 amide bonds. The summed E-state index contributed by atoms with van der Waals surface area (Å²) in [4.78, 5) is 25.6. The maximum Gasteiger partial charge on any atom is 0.317 e. The van der Waals surface area contributed by atoms with Gasteiger partial charge >= 0.3 is 12.0 Å². The Bertz CT molecular complexity index is 389. The first-order chi connectivity index (χ1) is 9.97. The number of rotatable bonds is 4. The number of piperidine rings is 1. The highest BCUT2D eigenvalue weighted by atomic mass is 16.4. The zero-order chi connectivity index (χ0) is 15.5. The Morgan fingerprint density at radius 2 is 1.95 bits per heavy atom. The summed E-state index contributed by atoms with van der Waals surface area (Å²) >= 11 is 0. The van der Waals surface area contributed by atoms with Crippen molar-refractivity contribution in [1.29, 1.82) is 0 Å². The van der Waals surface area contributed by atoms with Gasteiger partial charge in [-0.1, -0.05) is 20.3 Å². The number of hydrogen-bond acceptors (Lipinski definition) is 2. The zero-order valence-electron chi connectivity index (χ0n) is 13.2. The minimum atomic E-state index is -0.700. The van der Waals surface area contributed by atoms with Crippen LogP contribution in [0.4, 0.5) is 4.79 Å². The zero-order valence-corrected chi connectivity index (χ0v) is 13.2. The molecule has 2 fully saturated rings. The van der Waals surface area contributed by atoms with Gasteiger partial charge in [-0.15, -0.1) is 0 Å². The smallest absolute Gasteiger partial charge is 0.317 e. The minimum absolute atomic E-state index is 0.00964. The van der Waals surface area contributed by atoms with Gasteiger partial charge in [-0.3, -0.25) is 4.79 Å². The molecule has 1 saturated heterocycles. The van der Waals surface area contributed by atoms with Gasteiger partial charge in [0.1, 0.15) is 0 Å². The number of aliphatic carboxylic acids is 1. The van der Waals surface area contributed by atoms with Crippen molar-refractivity contribution in [2.75, 3.05) is 13.1 Å². The van der Waals surface area contributed by atoms with Crippen molar-refractivity contribution >= 4 is 12.0 Å². The van der Waals surface area contributed by atoms with Crippen LogP contribution in [0, 0.1) is 11.3 Å². The van der Waals surface area contributed by atoms with E-state index in [4.69, 9.17) is 0 Å². The number of carbonyl (C=O) groups excluding carboxylic acids is 1. The summed E-state index contributed by atoms with van der Waals surface area (Å²) in [5, 5.41) is 12.6. The summed E-state index contributed by atoms with van der Waals surface area (Å²) < 4.78 is 0. The fourth-order valence-electron chi connectivity index (χ4n) is 3.79. The van der Waals surface area contributed by atoms with Crippen LogP contribution in [0.1, 0.15) is 58.8 Å². The summed E-state index contributed by atoms with van der Waals surface area (Å²) in [6.45, 7) is 5.35. The number of nitrogens with one attached hydrogen (secondary N) is 1. The lowest BCUT2D eigenvalue weighted by Gasteiger charge is -2.39. The number of likely N-dealkylation sites (tertiary alicyclic amines) is 1. The van der Waals surface area contributed by atoms with Gasteiger partial charge < -0.3 is 15.3 Å². The van der Waals surface area contributed by atoms with Crippen LogP contribution in [0.3, 0.4) is 0 Å². The van der Waals surface area contributed by atoms with E-state index in [1.54, 1.807) is 4.90 Å². The molecule has 5 nitrogen and oxygen atoms in total. The molecule has 120 valence electrons. The maximum absolute atomic E-state index is 12.3. The molecule has 2 rings (SSSR count). The molecule has 2 unspecified atom stereocenters. The molecule has 0 aromatic carbocycles. The first-order valence-corrected chi connectivity index (χ1v) is 8.25. The SMILES string of the molecule is CCCC1(C(=O)O)CCN(C(=O)NC2CCC(C)C2)CC1. The number of carboxylic acid groups (broad SMARTS) is 1. The number of nitrogens with zero attached hydrogens (tertiary/aromatic N) is 1. The number of hydrogen-bond donors (Lipinski definition) is 2. The highest BCUT2D eigenvalue weighted by Gasteiger charge is 2.41. The van der Waals surface area contributed by atoms with Crippen molar-refractivity contribution in [2.24, 2.45) is 11.3 Å². The van der Waals surface area contributed by atoms with E-state index in [0.29, 0.717) is 44.3 Å². The molecule has 0 aromatic heterocycles. The molecule has 0 radical (unpaired) electrons. The Morgan fingerprint density at radius 1 is 1.29 bits per heavy atom. The first kappa shape index (κ1) is 16.1. The Morgan fingerprint density at radius 3 is 2.43 bits per heavy atom. The highest BCUT2D eigenvalue weighted by Crippen LogP contribution is 2.36. The van der Waals surface area contributed by atoms with Crippen LogP contribution < -0.4 is 5.32 Å². The second-order valence-corrected chi connectivity index (χ2v) is 6.89. The lowest BCUT2D eigenvalue weighted by atomic mass is 9.75. The predicted molar refractivity (Wildman–Crippen MR) is 81.1 cm³/mol. The van der Waals surface area contributed by atoms with E-state index < -0.39 is 11.4 Å². The van der Waals surface area contributed by atoms with Gasteiger partial charge in [0.2, 0.25) is 0 Å². The van der Waals surface area contributed by atoms with Crippen LogP contribution in [0.5, 0.6) is 0 Å². The highest BCUT2D eigenvalue weighted by molar-refractivity contribution is 5.77. The summed E-state index contributed by atoms with van der Waals surface area (Å²) in [5.41, 5.74) is -0.618. The fourth-order valence-corrected chi connectivity index (χ4v) is 3.79. The molecule has 1 saturated carbocycles. The summed E-state index contributed by atoms with van der Waals surface area (Å²) in [6.07, 6.45) is 6.04. The molecular formula is C16H28N2O3. The maximum atomic E-state index is 12.3. The molecule has 1 aliphatic heterocycles. The van der Waals surface area contributed by atoms with Crippen LogP contribution in [0.15, 0.2) is 0 Å². The van der Waals surface area contributed by atoms with Crippen LogP contribution in [-0.4, -0.2) is 41.1 Å². The lowest BCUT2D eigenvalue weighted by Crippen LogP contribution is -2.51. The summed E-state index contributed by atoms with van der Waals surface area (Å²) in [6, 6.07) is 0.291. The van der Waals surface area contributed by atoms with Crippen molar-refractivity contribution in [3.8, 4) is 0 Å². The molecule has 2 aliphatic rings. The van der Waals surface area contributed by atoms with Gasteiger partial charge in [-0.25, -0.2) is 4.79 Å². The Labute approximate surface area is 127 Å². The predicted octanol–water partition coefficient (Wildman–Crippen LogP) is 2.85. The van der Waals surface area contributed by atoms with Crippen molar-refractivity contribution < 1.29 is 14.7 Å². The van der Waals surface area contributed by atoms with Gasteiger partial charge in [0.15, 0.2) is 0 Å². The number of urea groups is 1. The van der Waals surface area contributed by atoms with Gasteiger partial charge in [0.05, 0.1) is 5.41 Å². The number of carboxylic acids is 1. The van der Waals surface area contributed by atoms with E-state index in [9.17, 15) is 14.7 Å². The van der Waals surface area contributed by atoms with Crippen molar-refractivity contribution in [1.82, 2.24) is 10.2 Å². The van der Waals surface area contributed by atoms with Crippen LogP contribution in [0.2, 0.25) is 0 Å². The lowest BCUT2D eigenvalue weighted by molar-refractivity contribution is -0.152. The van der Waals surface area contributed by atoms with Gasteiger partial charge in [0, 0.05) is 19.1 Å². The van der Waals surface area contributed by atoms with E-state index >= 15 is 0 Å². The van der Waals surface area contributed by atoms with Crippen LogP contribution in [0.25, 0.3) is 0 Å². The van der Waals surface area contributed by atoms with Gasteiger partial charge in [0.25, 0.3) is 0 Å². The van der Waals surface area contributed by atoms with Crippen molar-refractivity contribution in [3.05, 3.63) is 0 Å². The minimum Gasteiger partial charge on any atom is -0.481 e. The normalized spacial score (nSPS) is 28.4. The number of amides is 2. The topological polar surface area (TPSA) is 69.6 Å². The van der Waals surface area contributed by atoms with E-state index in [2.05, 4.69) is 12.2 Å². The Balaban J connectivity index is 1.85. The first-order valence-electron chi connectivity index (χ1n) is 8.25. The average Bonchev–Trinajstić information content (AvgIpc) is 2.85. The quantitative estimate of drug-likeness (QED) is 0.838. The summed E-state index contributed by atoms with van der Waals surface area (Å²) in [5.74, 6) is -0.00473. The Hall–Kier alpha value is -1.26.